The number of anilines is 2. The van der Waals surface area contributed by atoms with Gasteiger partial charge in [-0.05, 0) is 48.7 Å². The Hall–Kier alpha value is -2.78. The summed E-state index contributed by atoms with van der Waals surface area (Å²) in [6, 6.07) is 7.37. The predicted molar refractivity (Wildman–Crippen MR) is 113 cm³/mol. The Bertz CT molecular complexity index is 1070. The summed E-state index contributed by atoms with van der Waals surface area (Å²) in [7, 11) is -3.59. The van der Waals surface area contributed by atoms with Gasteiger partial charge in [0.25, 0.3) is 0 Å². The van der Waals surface area contributed by atoms with E-state index in [1.807, 2.05) is 0 Å². The molecule has 2 aromatic rings. The first kappa shape index (κ1) is 20.5. The van der Waals surface area contributed by atoms with E-state index in [0.29, 0.717) is 30.0 Å². The van der Waals surface area contributed by atoms with Gasteiger partial charge < -0.3 is 5.32 Å². The standard InChI is InChI=1S/C21H24N4O4S/c1-15(26)25-19-6-5-18(30(28,29)24-11-3-2-4-12-24)13-16(19)14-20(25)21(27)23-17-7-9-22-10-8-17/h5-10,13,20H,2-4,11-12,14H2,1H3,(H,22,23,27). The fraction of sp³-hybridized carbons (Fsp3) is 0.381. The van der Waals surface area contributed by atoms with Gasteiger partial charge in [-0.2, -0.15) is 4.31 Å². The second kappa shape index (κ2) is 8.16. The van der Waals surface area contributed by atoms with E-state index in [2.05, 4.69) is 10.3 Å². The molecule has 30 heavy (non-hydrogen) atoms. The van der Waals surface area contributed by atoms with Crippen molar-refractivity contribution in [3.8, 4) is 0 Å². The van der Waals surface area contributed by atoms with Crippen LogP contribution in [0.2, 0.25) is 0 Å². The van der Waals surface area contributed by atoms with Gasteiger partial charge in [0.1, 0.15) is 6.04 Å². The quantitative estimate of drug-likeness (QED) is 0.805. The fourth-order valence-corrected chi connectivity index (χ4v) is 5.67. The minimum absolute atomic E-state index is 0.210. The monoisotopic (exact) mass is 428 g/mol. The number of fused-ring (bicyclic) bond motifs is 1. The number of rotatable bonds is 4. The topological polar surface area (TPSA) is 99.7 Å². The van der Waals surface area contributed by atoms with Crippen LogP contribution in [0.3, 0.4) is 0 Å². The van der Waals surface area contributed by atoms with Crippen molar-refractivity contribution in [2.75, 3.05) is 23.3 Å². The van der Waals surface area contributed by atoms with Crippen LogP contribution in [0.15, 0.2) is 47.6 Å². The van der Waals surface area contributed by atoms with Crippen LogP contribution >= 0.6 is 0 Å². The molecule has 1 aromatic carbocycles. The van der Waals surface area contributed by atoms with Gasteiger partial charge in [0.05, 0.1) is 4.90 Å². The number of nitrogens with zero attached hydrogens (tertiary/aromatic N) is 3. The van der Waals surface area contributed by atoms with Crippen LogP contribution in [0.5, 0.6) is 0 Å². The van der Waals surface area contributed by atoms with Crippen LogP contribution in [-0.4, -0.2) is 48.7 Å². The number of aromatic nitrogens is 1. The van der Waals surface area contributed by atoms with Gasteiger partial charge in [-0.3, -0.25) is 19.5 Å². The van der Waals surface area contributed by atoms with Crippen molar-refractivity contribution in [1.29, 1.82) is 0 Å². The normalized spacial score (nSPS) is 19.4. The SMILES string of the molecule is CC(=O)N1c2ccc(S(=O)(=O)N3CCCCC3)cc2CC1C(=O)Nc1ccncc1. The molecular weight excluding hydrogens is 404 g/mol. The first-order chi connectivity index (χ1) is 14.4. The van der Waals surface area contributed by atoms with E-state index in [0.717, 1.165) is 19.3 Å². The molecule has 1 aromatic heterocycles. The van der Waals surface area contributed by atoms with Crippen molar-refractivity contribution in [2.24, 2.45) is 0 Å². The number of hydrogen-bond acceptors (Lipinski definition) is 5. The molecule has 0 spiro atoms. The molecule has 158 valence electrons. The minimum atomic E-state index is -3.59. The molecule has 1 N–H and O–H groups in total. The number of benzene rings is 1. The maximum absolute atomic E-state index is 13.0. The molecule has 8 nitrogen and oxygen atoms in total. The molecule has 1 fully saturated rings. The number of sulfonamides is 1. The molecule has 1 atom stereocenters. The second-order valence-corrected chi connectivity index (χ2v) is 9.53. The molecule has 0 bridgehead atoms. The van der Waals surface area contributed by atoms with E-state index in [1.54, 1.807) is 36.7 Å². The Balaban J connectivity index is 1.61. The Morgan fingerprint density at radius 3 is 2.43 bits per heavy atom. The number of hydrogen-bond donors (Lipinski definition) is 1. The van der Waals surface area contributed by atoms with Gasteiger partial charge in [-0.1, -0.05) is 6.42 Å². The van der Waals surface area contributed by atoms with E-state index < -0.39 is 16.1 Å². The predicted octanol–water partition coefficient (Wildman–Crippen LogP) is 2.17. The van der Waals surface area contributed by atoms with Crippen LogP contribution in [0.1, 0.15) is 31.7 Å². The Morgan fingerprint density at radius 1 is 1.07 bits per heavy atom. The Morgan fingerprint density at radius 2 is 1.77 bits per heavy atom. The molecule has 1 unspecified atom stereocenters. The van der Waals surface area contributed by atoms with Crippen LogP contribution in [-0.2, 0) is 26.0 Å². The zero-order chi connectivity index (χ0) is 21.3. The lowest BCUT2D eigenvalue weighted by Crippen LogP contribution is -2.44. The molecule has 2 amide bonds. The van der Waals surface area contributed by atoms with Gasteiger partial charge in [0, 0.05) is 50.2 Å². The van der Waals surface area contributed by atoms with Gasteiger partial charge in [-0.15, -0.1) is 0 Å². The maximum atomic E-state index is 13.0. The number of carbonyl (C=O) groups excluding carboxylic acids is 2. The highest BCUT2D eigenvalue weighted by atomic mass is 32.2. The zero-order valence-electron chi connectivity index (χ0n) is 16.7. The summed E-state index contributed by atoms with van der Waals surface area (Å²) in [6.07, 6.45) is 6.16. The molecule has 0 radical (unpaired) electrons. The Labute approximate surface area is 175 Å². The van der Waals surface area contributed by atoms with Crippen molar-refractivity contribution in [3.05, 3.63) is 48.3 Å². The average Bonchev–Trinajstić information content (AvgIpc) is 3.14. The average molecular weight is 429 g/mol. The third kappa shape index (κ3) is 3.82. The maximum Gasteiger partial charge on any atom is 0.247 e. The summed E-state index contributed by atoms with van der Waals surface area (Å²) in [6.45, 7) is 2.45. The fourth-order valence-electron chi connectivity index (χ4n) is 4.10. The van der Waals surface area contributed by atoms with E-state index in [-0.39, 0.29) is 23.1 Å². The highest BCUT2D eigenvalue weighted by Gasteiger charge is 2.38. The molecule has 0 aliphatic carbocycles. The smallest absolute Gasteiger partial charge is 0.247 e. The summed E-state index contributed by atoms with van der Waals surface area (Å²) in [4.78, 5) is 30.8. The van der Waals surface area contributed by atoms with Crippen LogP contribution in [0, 0.1) is 0 Å². The second-order valence-electron chi connectivity index (χ2n) is 7.59. The number of piperidine rings is 1. The molecular formula is C21H24N4O4S. The van der Waals surface area contributed by atoms with Crippen LogP contribution < -0.4 is 10.2 Å². The van der Waals surface area contributed by atoms with E-state index in [9.17, 15) is 18.0 Å². The van der Waals surface area contributed by atoms with Crippen molar-refractivity contribution >= 4 is 33.2 Å². The molecule has 4 rings (SSSR count). The first-order valence-corrected chi connectivity index (χ1v) is 11.5. The molecule has 2 aliphatic heterocycles. The minimum Gasteiger partial charge on any atom is -0.324 e. The van der Waals surface area contributed by atoms with Crippen molar-refractivity contribution in [2.45, 2.75) is 43.5 Å². The largest absolute Gasteiger partial charge is 0.324 e. The summed E-state index contributed by atoms with van der Waals surface area (Å²) in [5, 5.41) is 2.80. The lowest BCUT2D eigenvalue weighted by atomic mass is 10.1. The van der Waals surface area contributed by atoms with Gasteiger partial charge >= 0.3 is 0 Å². The van der Waals surface area contributed by atoms with E-state index in [4.69, 9.17) is 0 Å². The number of carbonyl (C=O) groups is 2. The summed E-state index contributed by atoms with van der Waals surface area (Å²) < 4.78 is 27.6. The van der Waals surface area contributed by atoms with Gasteiger partial charge in [0.2, 0.25) is 21.8 Å². The first-order valence-electron chi connectivity index (χ1n) is 10.0. The van der Waals surface area contributed by atoms with E-state index >= 15 is 0 Å². The van der Waals surface area contributed by atoms with Crippen LogP contribution in [0.25, 0.3) is 0 Å². The molecule has 9 heteroatoms. The Kier molecular flexibility index (Phi) is 5.57. The lowest BCUT2D eigenvalue weighted by molar-refractivity contribution is -0.122. The molecule has 0 saturated carbocycles. The molecule has 2 aliphatic rings. The van der Waals surface area contributed by atoms with Crippen molar-refractivity contribution < 1.29 is 18.0 Å². The van der Waals surface area contributed by atoms with Crippen molar-refractivity contribution in [1.82, 2.24) is 9.29 Å². The summed E-state index contributed by atoms with van der Waals surface area (Å²) in [5.74, 6) is -0.594. The zero-order valence-corrected chi connectivity index (χ0v) is 17.6. The number of pyridine rings is 1. The molecule has 1 saturated heterocycles. The highest BCUT2D eigenvalue weighted by molar-refractivity contribution is 7.89. The lowest BCUT2D eigenvalue weighted by Gasteiger charge is -2.26. The number of amides is 2. The summed E-state index contributed by atoms with van der Waals surface area (Å²) >= 11 is 0. The molecule has 3 heterocycles. The number of nitrogens with one attached hydrogen (secondary N) is 1. The van der Waals surface area contributed by atoms with Crippen molar-refractivity contribution in [3.63, 3.8) is 0 Å². The van der Waals surface area contributed by atoms with Gasteiger partial charge in [-0.25, -0.2) is 8.42 Å². The summed E-state index contributed by atoms with van der Waals surface area (Å²) in [5.41, 5.74) is 1.84. The third-order valence-electron chi connectivity index (χ3n) is 5.58. The third-order valence-corrected chi connectivity index (χ3v) is 7.47. The van der Waals surface area contributed by atoms with Gasteiger partial charge in [0.15, 0.2) is 0 Å². The van der Waals surface area contributed by atoms with E-state index in [1.165, 1.54) is 22.2 Å². The highest BCUT2D eigenvalue weighted by Crippen LogP contribution is 2.35. The van der Waals surface area contributed by atoms with Crippen LogP contribution in [0.4, 0.5) is 11.4 Å².